The molecule has 0 aliphatic carbocycles. The minimum Gasteiger partial charge on any atom is -0.497 e. The predicted octanol–water partition coefficient (Wildman–Crippen LogP) is 1.69. The number of methoxy groups -OCH3 is 1. The van der Waals surface area contributed by atoms with Crippen molar-refractivity contribution in [2.75, 3.05) is 33.4 Å². The van der Waals surface area contributed by atoms with Crippen molar-refractivity contribution in [2.24, 2.45) is 4.99 Å². The summed E-state index contributed by atoms with van der Waals surface area (Å²) in [5.41, 5.74) is 0.908. The highest BCUT2D eigenvalue weighted by molar-refractivity contribution is 5.62. The summed E-state index contributed by atoms with van der Waals surface area (Å²) in [6, 6.07) is 7.72. The van der Waals surface area contributed by atoms with Crippen LogP contribution in [-0.2, 0) is 4.74 Å². The van der Waals surface area contributed by atoms with Crippen LogP contribution in [0.5, 0.6) is 5.75 Å². The molecule has 16 heavy (non-hydrogen) atoms. The first kappa shape index (κ1) is 11.0. The molecular weight excluding hydrogens is 204 g/mol. The van der Waals surface area contributed by atoms with Crippen molar-refractivity contribution >= 4 is 12.0 Å². The van der Waals surface area contributed by atoms with Crippen LogP contribution in [0.25, 0.3) is 0 Å². The largest absolute Gasteiger partial charge is 0.497 e. The average Bonchev–Trinajstić information content (AvgIpc) is 2.38. The predicted molar refractivity (Wildman–Crippen MR) is 63.5 cm³/mol. The van der Waals surface area contributed by atoms with Crippen LogP contribution in [0.1, 0.15) is 0 Å². The quantitative estimate of drug-likeness (QED) is 0.574. The Bertz CT molecular complexity index is 360. The normalized spacial score (nSPS) is 16.7. The molecule has 1 heterocycles. The number of morpholine rings is 1. The molecule has 0 spiro atoms. The fourth-order valence-corrected chi connectivity index (χ4v) is 1.53. The third kappa shape index (κ3) is 2.97. The SMILES string of the molecule is COc1cccc(N=CN2CCOCC2)c1. The molecule has 1 fully saturated rings. The van der Waals surface area contributed by atoms with Crippen LogP contribution in [0.15, 0.2) is 29.3 Å². The van der Waals surface area contributed by atoms with Crippen molar-refractivity contribution < 1.29 is 9.47 Å². The fraction of sp³-hybridized carbons (Fsp3) is 0.417. The highest BCUT2D eigenvalue weighted by Crippen LogP contribution is 2.18. The first-order valence-electron chi connectivity index (χ1n) is 5.38. The second-order valence-electron chi connectivity index (χ2n) is 3.59. The van der Waals surface area contributed by atoms with Gasteiger partial charge in [-0.1, -0.05) is 6.07 Å². The van der Waals surface area contributed by atoms with Gasteiger partial charge in [0.25, 0.3) is 0 Å². The molecule has 1 aliphatic rings. The highest BCUT2D eigenvalue weighted by atomic mass is 16.5. The van der Waals surface area contributed by atoms with Crippen LogP contribution in [0.2, 0.25) is 0 Å². The van der Waals surface area contributed by atoms with Crippen molar-refractivity contribution in [1.29, 1.82) is 0 Å². The molecule has 0 N–H and O–H groups in total. The van der Waals surface area contributed by atoms with Crippen molar-refractivity contribution in [3.05, 3.63) is 24.3 Å². The lowest BCUT2D eigenvalue weighted by molar-refractivity contribution is 0.0701. The molecule has 86 valence electrons. The van der Waals surface area contributed by atoms with Crippen LogP contribution in [0.4, 0.5) is 5.69 Å². The second kappa shape index (κ2) is 5.51. The Balaban J connectivity index is 1.98. The molecule has 2 rings (SSSR count). The number of nitrogens with zero attached hydrogens (tertiary/aromatic N) is 2. The average molecular weight is 220 g/mol. The van der Waals surface area contributed by atoms with Gasteiger partial charge in [-0.2, -0.15) is 0 Å². The van der Waals surface area contributed by atoms with E-state index < -0.39 is 0 Å². The monoisotopic (exact) mass is 220 g/mol. The lowest BCUT2D eigenvalue weighted by Crippen LogP contribution is -2.34. The van der Waals surface area contributed by atoms with Crippen LogP contribution >= 0.6 is 0 Å². The molecule has 4 nitrogen and oxygen atoms in total. The summed E-state index contributed by atoms with van der Waals surface area (Å²) in [7, 11) is 1.66. The van der Waals surface area contributed by atoms with Crippen molar-refractivity contribution in [1.82, 2.24) is 4.90 Å². The molecule has 0 bridgehead atoms. The Kier molecular flexibility index (Phi) is 3.77. The van der Waals surface area contributed by atoms with Gasteiger partial charge in [0.2, 0.25) is 0 Å². The summed E-state index contributed by atoms with van der Waals surface area (Å²) >= 11 is 0. The molecule has 0 unspecified atom stereocenters. The van der Waals surface area contributed by atoms with E-state index in [1.165, 1.54) is 0 Å². The van der Waals surface area contributed by atoms with Crippen LogP contribution in [0, 0.1) is 0 Å². The van der Waals surface area contributed by atoms with Crippen molar-refractivity contribution in [2.45, 2.75) is 0 Å². The summed E-state index contributed by atoms with van der Waals surface area (Å²) in [5.74, 6) is 0.830. The molecule has 1 aromatic rings. The molecule has 0 amide bonds. The van der Waals surface area contributed by atoms with Crippen LogP contribution in [0.3, 0.4) is 0 Å². The summed E-state index contributed by atoms with van der Waals surface area (Å²) < 4.78 is 10.4. The van der Waals surface area contributed by atoms with E-state index in [4.69, 9.17) is 9.47 Å². The topological polar surface area (TPSA) is 34.1 Å². The summed E-state index contributed by atoms with van der Waals surface area (Å²) in [4.78, 5) is 6.56. The molecule has 1 aromatic carbocycles. The maximum atomic E-state index is 5.26. The smallest absolute Gasteiger partial charge is 0.121 e. The van der Waals surface area contributed by atoms with Gasteiger partial charge >= 0.3 is 0 Å². The highest BCUT2D eigenvalue weighted by Gasteiger charge is 2.05. The van der Waals surface area contributed by atoms with E-state index in [2.05, 4.69) is 9.89 Å². The zero-order valence-electron chi connectivity index (χ0n) is 9.43. The molecule has 0 aromatic heterocycles. The number of rotatable bonds is 3. The molecule has 4 heteroatoms. The fourth-order valence-electron chi connectivity index (χ4n) is 1.53. The first-order valence-corrected chi connectivity index (χ1v) is 5.38. The maximum Gasteiger partial charge on any atom is 0.121 e. The lowest BCUT2D eigenvalue weighted by Gasteiger charge is -2.24. The Hall–Kier alpha value is -1.55. The lowest BCUT2D eigenvalue weighted by atomic mass is 10.3. The third-order valence-corrected chi connectivity index (χ3v) is 2.47. The van der Waals surface area contributed by atoms with Crippen molar-refractivity contribution in [3.63, 3.8) is 0 Å². The molecule has 0 atom stereocenters. The Morgan fingerprint density at radius 3 is 2.94 bits per heavy atom. The number of benzene rings is 1. The zero-order chi connectivity index (χ0) is 11.2. The minimum absolute atomic E-state index is 0.782. The van der Waals surface area contributed by atoms with Gasteiger partial charge in [-0.25, -0.2) is 4.99 Å². The number of hydrogen-bond donors (Lipinski definition) is 0. The minimum atomic E-state index is 0.782. The van der Waals surface area contributed by atoms with Gasteiger partial charge in [-0.15, -0.1) is 0 Å². The van der Waals surface area contributed by atoms with E-state index in [-0.39, 0.29) is 0 Å². The molecule has 1 aliphatic heterocycles. The Morgan fingerprint density at radius 1 is 1.38 bits per heavy atom. The van der Waals surface area contributed by atoms with E-state index in [1.54, 1.807) is 7.11 Å². The number of hydrogen-bond acceptors (Lipinski definition) is 3. The molecule has 1 saturated heterocycles. The third-order valence-electron chi connectivity index (χ3n) is 2.47. The van der Waals surface area contributed by atoms with Crippen LogP contribution in [-0.4, -0.2) is 44.7 Å². The van der Waals surface area contributed by atoms with E-state index in [1.807, 2.05) is 30.6 Å². The summed E-state index contributed by atoms with van der Waals surface area (Å²) in [5, 5.41) is 0. The van der Waals surface area contributed by atoms with Gasteiger partial charge < -0.3 is 14.4 Å². The number of aliphatic imine (C=N–C) groups is 1. The second-order valence-corrected chi connectivity index (χ2v) is 3.59. The van der Waals surface area contributed by atoms with Gasteiger partial charge in [-0.3, -0.25) is 0 Å². The summed E-state index contributed by atoms with van der Waals surface area (Å²) in [6.07, 6.45) is 1.87. The zero-order valence-corrected chi connectivity index (χ0v) is 9.43. The number of ether oxygens (including phenoxy) is 2. The molecule has 0 saturated carbocycles. The van der Waals surface area contributed by atoms with Gasteiger partial charge in [-0.05, 0) is 12.1 Å². The van der Waals surface area contributed by atoms with Crippen molar-refractivity contribution in [3.8, 4) is 5.75 Å². The molecule has 0 radical (unpaired) electrons. The standard InChI is InChI=1S/C12H16N2O2/c1-15-12-4-2-3-11(9-12)13-10-14-5-7-16-8-6-14/h2-4,9-10H,5-8H2,1H3. The summed E-state index contributed by atoms with van der Waals surface area (Å²) in [6.45, 7) is 3.38. The van der Waals surface area contributed by atoms with Gasteiger partial charge in [0, 0.05) is 19.2 Å². The maximum absolute atomic E-state index is 5.26. The van der Waals surface area contributed by atoms with E-state index >= 15 is 0 Å². The van der Waals surface area contributed by atoms with E-state index in [9.17, 15) is 0 Å². The molecular formula is C12H16N2O2. The van der Waals surface area contributed by atoms with Gasteiger partial charge in [0.05, 0.1) is 32.3 Å². The van der Waals surface area contributed by atoms with Gasteiger partial charge in [0.15, 0.2) is 0 Å². The Morgan fingerprint density at radius 2 is 2.19 bits per heavy atom. The first-order chi connectivity index (χ1) is 7.88. The Labute approximate surface area is 95.5 Å². The van der Waals surface area contributed by atoms with Crippen LogP contribution < -0.4 is 4.74 Å². The van der Waals surface area contributed by atoms with E-state index in [0.717, 1.165) is 37.7 Å². The van der Waals surface area contributed by atoms with Gasteiger partial charge in [0.1, 0.15) is 5.75 Å². The van der Waals surface area contributed by atoms with E-state index in [0.29, 0.717) is 0 Å².